The van der Waals surface area contributed by atoms with E-state index in [9.17, 15) is 4.79 Å². The van der Waals surface area contributed by atoms with Crippen molar-refractivity contribution >= 4 is 16.7 Å². The molecule has 0 atom stereocenters. The molecule has 4 heteroatoms. The van der Waals surface area contributed by atoms with E-state index in [4.69, 9.17) is 0 Å². The molecule has 4 rings (SSSR count). The lowest BCUT2D eigenvalue weighted by molar-refractivity contribution is -0.120. The molecule has 1 heterocycles. The van der Waals surface area contributed by atoms with Gasteiger partial charge in [-0.3, -0.25) is 4.79 Å². The number of carbonyl (C=O) groups excluding carboxylic acids is 1. The number of benzene rings is 3. The first kappa shape index (κ1) is 17.0. The molecule has 1 aromatic heterocycles. The van der Waals surface area contributed by atoms with Gasteiger partial charge >= 0.3 is 0 Å². The summed E-state index contributed by atoms with van der Waals surface area (Å²) in [5.41, 5.74) is 3.19. The van der Waals surface area contributed by atoms with Crippen LogP contribution in [0.5, 0.6) is 0 Å². The van der Waals surface area contributed by atoms with Crippen LogP contribution in [0, 0.1) is 0 Å². The van der Waals surface area contributed by atoms with E-state index in [1.165, 1.54) is 0 Å². The fraction of sp³-hybridized carbons (Fsp3) is 0.130. The normalized spacial score (nSPS) is 10.8. The first-order valence-corrected chi connectivity index (χ1v) is 9.12. The van der Waals surface area contributed by atoms with Crippen molar-refractivity contribution < 1.29 is 4.79 Å². The molecule has 134 valence electrons. The van der Waals surface area contributed by atoms with Gasteiger partial charge in [-0.1, -0.05) is 60.7 Å². The molecule has 0 saturated carbocycles. The fourth-order valence-corrected chi connectivity index (χ4v) is 3.24. The van der Waals surface area contributed by atoms with Crippen LogP contribution in [-0.2, 0) is 17.6 Å². The van der Waals surface area contributed by atoms with Crippen LogP contribution in [0.4, 0.5) is 0 Å². The summed E-state index contributed by atoms with van der Waals surface area (Å²) in [6.45, 7) is 0.601. The Morgan fingerprint density at radius 1 is 0.926 bits per heavy atom. The second kappa shape index (κ2) is 7.87. The second-order valence-corrected chi connectivity index (χ2v) is 6.54. The van der Waals surface area contributed by atoms with Crippen LogP contribution in [-0.4, -0.2) is 22.2 Å². The van der Waals surface area contributed by atoms with Crippen molar-refractivity contribution in [3.05, 3.63) is 96.3 Å². The van der Waals surface area contributed by atoms with Crippen LogP contribution in [0.1, 0.15) is 11.1 Å². The average molecular weight is 355 g/mol. The Bertz CT molecular complexity index is 1050. The van der Waals surface area contributed by atoms with Crippen molar-refractivity contribution in [3.8, 4) is 5.69 Å². The van der Waals surface area contributed by atoms with Crippen molar-refractivity contribution in [2.75, 3.05) is 6.54 Å². The van der Waals surface area contributed by atoms with Crippen molar-refractivity contribution in [2.24, 2.45) is 0 Å². The zero-order valence-corrected chi connectivity index (χ0v) is 15.0. The van der Waals surface area contributed by atoms with E-state index in [0.717, 1.165) is 34.0 Å². The summed E-state index contributed by atoms with van der Waals surface area (Å²) in [6, 6.07) is 24.3. The van der Waals surface area contributed by atoms with Crippen LogP contribution in [0.3, 0.4) is 0 Å². The lowest BCUT2D eigenvalue weighted by Gasteiger charge is -2.07. The molecule has 0 aliphatic heterocycles. The Morgan fingerprint density at radius 2 is 1.70 bits per heavy atom. The molecule has 0 fully saturated rings. The topological polar surface area (TPSA) is 46.9 Å². The van der Waals surface area contributed by atoms with Gasteiger partial charge < -0.3 is 5.32 Å². The zero-order chi connectivity index (χ0) is 18.5. The van der Waals surface area contributed by atoms with E-state index in [2.05, 4.69) is 28.6 Å². The first-order valence-electron chi connectivity index (χ1n) is 9.12. The number of hydrogen-bond acceptors (Lipinski definition) is 2. The summed E-state index contributed by atoms with van der Waals surface area (Å²) in [7, 11) is 0. The van der Waals surface area contributed by atoms with Gasteiger partial charge in [-0.15, -0.1) is 0 Å². The Hall–Kier alpha value is -3.40. The molecule has 4 aromatic rings. The molecular formula is C23H21N3O. The standard InChI is InChI=1S/C23H21N3O/c27-23(15-20-9-6-8-19-7-4-5-12-22(19)20)24-14-13-18-16-25-26(17-18)21-10-2-1-3-11-21/h1-12,16-17H,13-15H2,(H,24,27). The minimum atomic E-state index is 0.0433. The highest BCUT2D eigenvalue weighted by Crippen LogP contribution is 2.18. The zero-order valence-electron chi connectivity index (χ0n) is 15.0. The van der Waals surface area contributed by atoms with Gasteiger partial charge in [0.05, 0.1) is 18.3 Å². The minimum Gasteiger partial charge on any atom is -0.355 e. The molecular weight excluding hydrogens is 334 g/mol. The quantitative estimate of drug-likeness (QED) is 0.570. The molecule has 0 aliphatic carbocycles. The number of amides is 1. The van der Waals surface area contributed by atoms with E-state index in [1.807, 2.05) is 71.7 Å². The summed E-state index contributed by atoms with van der Waals surface area (Å²) < 4.78 is 1.85. The van der Waals surface area contributed by atoms with Gasteiger partial charge in [-0.05, 0) is 40.5 Å². The minimum absolute atomic E-state index is 0.0433. The predicted octanol–water partition coefficient (Wildman–Crippen LogP) is 3.93. The maximum atomic E-state index is 12.3. The number of para-hydroxylation sites is 1. The number of carbonyl (C=O) groups is 1. The molecule has 0 saturated heterocycles. The van der Waals surface area contributed by atoms with Crippen LogP contribution in [0.15, 0.2) is 85.2 Å². The van der Waals surface area contributed by atoms with Gasteiger partial charge in [0.25, 0.3) is 0 Å². The van der Waals surface area contributed by atoms with Gasteiger partial charge in [0.1, 0.15) is 0 Å². The average Bonchev–Trinajstić information content (AvgIpc) is 3.18. The molecule has 1 N–H and O–H groups in total. The van der Waals surface area contributed by atoms with Gasteiger partial charge in [0, 0.05) is 12.7 Å². The Kier molecular flexibility index (Phi) is 4.97. The van der Waals surface area contributed by atoms with Crippen molar-refractivity contribution in [1.82, 2.24) is 15.1 Å². The third-order valence-corrected chi connectivity index (χ3v) is 4.62. The largest absolute Gasteiger partial charge is 0.355 e. The van der Waals surface area contributed by atoms with Crippen molar-refractivity contribution in [1.29, 1.82) is 0 Å². The van der Waals surface area contributed by atoms with E-state index < -0.39 is 0 Å². The lowest BCUT2D eigenvalue weighted by atomic mass is 10.0. The van der Waals surface area contributed by atoms with Crippen LogP contribution in [0.25, 0.3) is 16.5 Å². The van der Waals surface area contributed by atoms with E-state index >= 15 is 0 Å². The van der Waals surface area contributed by atoms with E-state index in [-0.39, 0.29) is 5.91 Å². The Morgan fingerprint density at radius 3 is 2.59 bits per heavy atom. The van der Waals surface area contributed by atoms with E-state index in [1.54, 1.807) is 0 Å². The number of aromatic nitrogens is 2. The van der Waals surface area contributed by atoms with Crippen molar-refractivity contribution in [3.63, 3.8) is 0 Å². The molecule has 0 unspecified atom stereocenters. The highest BCUT2D eigenvalue weighted by molar-refractivity contribution is 5.90. The highest BCUT2D eigenvalue weighted by atomic mass is 16.1. The van der Waals surface area contributed by atoms with Crippen molar-refractivity contribution in [2.45, 2.75) is 12.8 Å². The van der Waals surface area contributed by atoms with Crippen LogP contribution < -0.4 is 5.32 Å². The predicted molar refractivity (Wildman–Crippen MR) is 108 cm³/mol. The van der Waals surface area contributed by atoms with Gasteiger partial charge in [0.15, 0.2) is 0 Å². The number of fused-ring (bicyclic) bond motifs is 1. The third-order valence-electron chi connectivity index (χ3n) is 4.62. The second-order valence-electron chi connectivity index (χ2n) is 6.54. The van der Waals surface area contributed by atoms with Gasteiger partial charge in [0.2, 0.25) is 5.91 Å². The summed E-state index contributed by atoms with van der Waals surface area (Å²) in [5.74, 6) is 0.0433. The number of nitrogens with one attached hydrogen (secondary N) is 1. The molecule has 0 spiro atoms. The Balaban J connectivity index is 1.33. The van der Waals surface area contributed by atoms with E-state index in [0.29, 0.717) is 13.0 Å². The smallest absolute Gasteiger partial charge is 0.224 e. The number of rotatable bonds is 6. The highest BCUT2D eigenvalue weighted by Gasteiger charge is 2.07. The lowest BCUT2D eigenvalue weighted by Crippen LogP contribution is -2.27. The summed E-state index contributed by atoms with van der Waals surface area (Å²) >= 11 is 0. The molecule has 1 amide bonds. The summed E-state index contributed by atoms with van der Waals surface area (Å²) in [4.78, 5) is 12.3. The molecule has 0 aliphatic rings. The number of nitrogens with zero attached hydrogens (tertiary/aromatic N) is 2. The molecule has 0 radical (unpaired) electrons. The maximum Gasteiger partial charge on any atom is 0.224 e. The van der Waals surface area contributed by atoms with Gasteiger partial charge in [-0.2, -0.15) is 5.10 Å². The summed E-state index contributed by atoms with van der Waals surface area (Å²) in [6.07, 6.45) is 5.01. The van der Waals surface area contributed by atoms with Gasteiger partial charge in [-0.25, -0.2) is 4.68 Å². The first-order chi connectivity index (χ1) is 13.3. The molecule has 27 heavy (non-hydrogen) atoms. The molecule has 3 aromatic carbocycles. The maximum absolute atomic E-state index is 12.3. The molecule has 0 bridgehead atoms. The monoisotopic (exact) mass is 355 g/mol. The van der Waals surface area contributed by atoms with Crippen LogP contribution >= 0.6 is 0 Å². The van der Waals surface area contributed by atoms with Crippen LogP contribution in [0.2, 0.25) is 0 Å². The SMILES string of the molecule is O=C(Cc1cccc2ccccc12)NCCc1cnn(-c2ccccc2)c1. The summed E-state index contributed by atoms with van der Waals surface area (Å²) in [5, 5.41) is 9.71. The fourth-order valence-electron chi connectivity index (χ4n) is 3.24. The Labute approximate surface area is 158 Å². The number of hydrogen-bond donors (Lipinski definition) is 1. The third kappa shape index (κ3) is 4.06. The molecule has 4 nitrogen and oxygen atoms in total.